The predicted octanol–water partition coefficient (Wildman–Crippen LogP) is 2.93. The van der Waals surface area contributed by atoms with Crippen molar-refractivity contribution in [3.8, 4) is 0 Å². The van der Waals surface area contributed by atoms with E-state index in [-0.39, 0.29) is 5.91 Å². The Morgan fingerprint density at radius 3 is 2.58 bits per heavy atom. The highest BCUT2D eigenvalue weighted by Crippen LogP contribution is 2.32. The molecule has 2 unspecified atom stereocenters. The summed E-state index contributed by atoms with van der Waals surface area (Å²) in [5.74, 6) is 1.70. The highest BCUT2D eigenvalue weighted by molar-refractivity contribution is 5.90. The summed E-state index contributed by atoms with van der Waals surface area (Å²) in [6.45, 7) is 2.19. The molecule has 3 aliphatic rings. The van der Waals surface area contributed by atoms with Crippen molar-refractivity contribution < 1.29 is 4.79 Å². The lowest BCUT2D eigenvalue weighted by Gasteiger charge is -2.28. The summed E-state index contributed by atoms with van der Waals surface area (Å²) in [6.07, 6.45) is 11.1. The van der Waals surface area contributed by atoms with Gasteiger partial charge in [-0.3, -0.25) is 4.79 Å². The van der Waals surface area contributed by atoms with E-state index >= 15 is 0 Å². The van der Waals surface area contributed by atoms with Crippen LogP contribution in [0.4, 0.5) is 11.5 Å². The molecule has 4 heterocycles. The van der Waals surface area contributed by atoms with E-state index in [4.69, 9.17) is 0 Å². The number of rotatable bonds is 4. The van der Waals surface area contributed by atoms with Crippen molar-refractivity contribution in [1.82, 2.24) is 10.3 Å². The third-order valence-corrected chi connectivity index (χ3v) is 5.76. The van der Waals surface area contributed by atoms with Crippen molar-refractivity contribution in [2.75, 3.05) is 23.3 Å². The van der Waals surface area contributed by atoms with E-state index in [0.717, 1.165) is 37.4 Å². The Kier molecular flexibility index (Phi) is 4.69. The summed E-state index contributed by atoms with van der Waals surface area (Å²) in [4.78, 5) is 19.2. The molecule has 2 atom stereocenters. The summed E-state index contributed by atoms with van der Waals surface area (Å²) in [6, 6.07) is 5.31. The average Bonchev–Trinajstić information content (AvgIpc) is 2.95. The fourth-order valence-electron chi connectivity index (χ4n) is 4.59. The highest BCUT2D eigenvalue weighted by atomic mass is 16.1. The lowest BCUT2D eigenvalue weighted by atomic mass is 9.89. The number of aromatic nitrogens is 1. The molecule has 5 nitrogen and oxygen atoms in total. The van der Waals surface area contributed by atoms with Gasteiger partial charge in [0.2, 0.25) is 5.91 Å². The van der Waals surface area contributed by atoms with Crippen LogP contribution in [-0.4, -0.2) is 36.1 Å². The molecular formula is C19H28N4O. The largest absolute Gasteiger partial charge is 0.357 e. The van der Waals surface area contributed by atoms with E-state index in [1.165, 1.54) is 32.1 Å². The van der Waals surface area contributed by atoms with Crippen LogP contribution in [0.25, 0.3) is 0 Å². The van der Waals surface area contributed by atoms with Gasteiger partial charge in [-0.15, -0.1) is 0 Å². The molecule has 3 fully saturated rings. The first-order chi connectivity index (χ1) is 11.8. The molecule has 2 N–H and O–H groups in total. The molecule has 1 aromatic heterocycles. The van der Waals surface area contributed by atoms with Gasteiger partial charge in [-0.2, -0.15) is 0 Å². The zero-order valence-corrected chi connectivity index (χ0v) is 14.3. The summed E-state index contributed by atoms with van der Waals surface area (Å²) in [5, 5.41) is 6.66. The monoisotopic (exact) mass is 328 g/mol. The van der Waals surface area contributed by atoms with Gasteiger partial charge >= 0.3 is 0 Å². The summed E-state index contributed by atoms with van der Waals surface area (Å²) in [5.41, 5.74) is 0.817. The first kappa shape index (κ1) is 15.9. The van der Waals surface area contributed by atoms with Crippen molar-refractivity contribution in [2.24, 2.45) is 5.92 Å². The average molecular weight is 328 g/mol. The highest BCUT2D eigenvalue weighted by Gasteiger charge is 2.34. The number of carbonyl (C=O) groups is 1. The smallest absolute Gasteiger partial charge is 0.224 e. The Hall–Kier alpha value is -1.62. The molecule has 5 heteroatoms. The van der Waals surface area contributed by atoms with Gasteiger partial charge in [0.15, 0.2) is 0 Å². The molecular weight excluding hydrogens is 300 g/mol. The molecule has 2 bridgehead atoms. The minimum absolute atomic E-state index is 0.133. The van der Waals surface area contributed by atoms with Crippen LogP contribution in [0, 0.1) is 5.92 Å². The number of carbonyl (C=O) groups excluding carboxylic acids is 1. The molecule has 1 aromatic rings. The fourth-order valence-corrected chi connectivity index (χ4v) is 4.59. The van der Waals surface area contributed by atoms with Crippen molar-refractivity contribution in [3.05, 3.63) is 18.3 Å². The Bertz CT molecular complexity index is 555. The summed E-state index contributed by atoms with van der Waals surface area (Å²) in [7, 11) is 0. The molecule has 24 heavy (non-hydrogen) atoms. The molecule has 3 aliphatic heterocycles. The van der Waals surface area contributed by atoms with Crippen molar-refractivity contribution >= 4 is 17.4 Å². The van der Waals surface area contributed by atoms with Gasteiger partial charge in [-0.1, -0.05) is 0 Å². The number of fused-ring (bicyclic) bond motifs is 2. The van der Waals surface area contributed by atoms with Crippen molar-refractivity contribution in [2.45, 2.75) is 63.5 Å². The number of hydrogen-bond acceptors (Lipinski definition) is 4. The molecule has 1 amide bonds. The predicted molar refractivity (Wildman–Crippen MR) is 96.2 cm³/mol. The van der Waals surface area contributed by atoms with Gasteiger partial charge in [-0.05, 0) is 63.0 Å². The van der Waals surface area contributed by atoms with Gasteiger partial charge in [0.25, 0.3) is 0 Å². The van der Waals surface area contributed by atoms with Gasteiger partial charge in [0, 0.05) is 31.6 Å². The van der Waals surface area contributed by atoms with Crippen LogP contribution in [0.2, 0.25) is 0 Å². The van der Waals surface area contributed by atoms with Gasteiger partial charge in [0.1, 0.15) is 5.82 Å². The number of nitrogens with zero attached hydrogens (tertiary/aromatic N) is 2. The molecule has 4 rings (SSSR count). The topological polar surface area (TPSA) is 57.3 Å². The number of nitrogens with one attached hydrogen (secondary N) is 2. The van der Waals surface area contributed by atoms with Crippen LogP contribution in [0.3, 0.4) is 0 Å². The van der Waals surface area contributed by atoms with Crippen LogP contribution in [0.15, 0.2) is 18.3 Å². The zero-order valence-electron chi connectivity index (χ0n) is 14.3. The quantitative estimate of drug-likeness (QED) is 0.892. The van der Waals surface area contributed by atoms with Gasteiger partial charge in [0.05, 0.1) is 11.9 Å². The second-order valence-corrected chi connectivity index (χ2v) is 7.68. The SMILES string of the molecule is O=C(CC1CC2CCC(C1)N2)Nc1ccc(N2CCCCC2)nc1. The van der Waals surface area contributed by atoms with E-state index in [1.54, 1.807) is 6.20 Å². The van der Waals surface area contributed by atoms with E-state index in [2.05, 4.69) is 20.5 Å². The molecule has 0 aliphatic carbocycles. The third kappa shape index (κ3) is 3.72. The lowest BCUT2D eigenvalue weighted by Crippen LogP contribution is -2.39. The first-order valence-corrected chi connectivity index (χ1v) is 9.53. The maximum absolute atomic E-state index is 12.3. The second-order valence-electron chi connectivity index (χ2n) is 7.68. The van der Waals surface area contributed by atoms with Crippen LogP contribution in [0.1, 0.15) is 51.4 Å². The first-order valence-electron chi connectivity index (χ1n) is 9.53. The van der Waals surface area contributed by atoms with Crippen LogP contribution >= 0.6 is 0 Å². The van der Waals surface area contributed by atoms with Crippen LogP contribution < -0.4 is 15.5 Å². The summed E-state index contributed by atoms with van der Waals surface area (Å²) >= 11 is 0. The minimum atomic E-state index is 0.133. The van der Waals surface area contributed by atoms with E-state index in [9.17, 15) is 4.79 Å². The number of anilines is 2. The second kappa shape index (κ2) is 7.09. The van der Waals surface area contributed by atoms with E-state index in [1.807, 2.05) is 12.1 Å². The number of amides is 1. The molecule has 0 radical (unpaired) electrons. The number of piperidine rings is 2. The Morgan fingerprint density at radius 2 is 1.92 bits per heavy atom. The third-order valence-electron chi connectivity index (χ3n) is 5.76. The van der Waals surface area contributed by atoms with Crippen molar-refractivity contribution in [1.29, 1.82) is 0 Å². The number of hydrogen-bond donors (Lipinski definition) is 2. The minimum Gasteiger partial charge on any atom is -0.357 e. The molecule has 0 spiro atoms. The van der Waals surface area contributed by atoms with Crippen LogP contribution in [0.5, 0.6) is 0 Å². The fraction of sp³-hybridized carbons (Fsp3) is 0.684. The van der Waals surface area contributed by atoms with Crippen LogP contribution in [-0.2, 0) is 4.79 Å². The Morgan fingerprint density at radius 1 is 1.17 bits per heavy atom. The maximum atomic E-state index is 12.3. The van der Waals surface area contributed by atoms with Crippen molar-refractivity contribution in [3.63, 3.8) is 0 Å². The lowest BCUT2D eigenvalue weighted by molar-refractivity contribution is -0.117. The summed E-state index contributed by atoms with van der Waals surface area (Å²) < 4.78 is 0. The van der Waals surface area contributed by atoms with Gasteiger partial charge < -0.3 is 15.5 Å². The molecule has 130 valence electrons. The molecule has 3 saturated heterocycles. The Labute approximate surface area is 144 Å². The van der Waals surface area contributed by atoms with Gasteiger partial charge in [-0.25, -0.2) is 4.98 Å². The standard InChI is InChI=1S/C19H28N4O/c24-19(12-14-10-15-4-5-16(11-14)21-15)22-17-6-7-18(20-13-17)23-8-2-1-3-9-23/h6-7,13-16,21H,1-5,8-12H2,(H,22,24). The Balaban J connectivity index is 1.29. The number of pyridine rings is 1. The normalized spacial score (nSPS) is 29.5. The molecule has 0 aromatic carbocycles. The van der Waals surface area contributed by atoms with E-state index in [0.29, 0.717) is 24.4 Å². The zero-order chi connectivity index (χ0) is 16.4. The van der Waals surface area contributed by atoms with E-state index < -0.39 is 0 Å². The maximum Gasteiger partial charge on any atom is 0.224 e. The molecule has 0 saturated carbocycles.